The van der Waals surface area contributed by atoms with Crippen LogP contribution in [-0.4, -0.2) is 10.9 Å². The summed E-state index contributed by atoms with van der Waals surface area (Å²) in [7, 11) is 0. The van der Waals surface area contributed by atoms with E-state index >= 15 is 0 Å². The maximum Gasteiger partial charge on any atom is 0.196 e. The van der Waals surface area contributed by atoms with Crippen LogP contribution in [0.5, 0.6) is 5.75 Å². The number of ketones is 1. The van der Waals surface area contributed by atoms with E-state index in [-0.39, 0.29) is 11.5 Å². The smallest absolute Gasteiger partial charge is 0.196 e. The molecule has 2 aromatic rings. The molecule has 17 heavy (non-hydrogen) atoms. The van der Waals surface area contributed by atoms with Crippen LogP contribution in [0.3, 0.4) is 0 Å². The first-order valence-corrected chi connectivity index (χ1v) is 5.55. The summed E-state index contributed by atoms with van der Waals surface area (Å²) in [5.74, 6) is -0.205. The molecule has 0 atom stereocenters. The fourth-order valence-electron chi connectivity index (χ4n) is 1.59. The summed E-state index contributed by atoms with van der Waals surface area (Å²) in [6.45, 7) is 1.86. The molecule has 0 aromatic heterocycles. The Bertz CT molecular complexity index is 559. The first-order valence-electron chi connectivity index (χ1n) is 5.18. The van der Waals surface area contributed by atoms with Gasteiger partial charge in [0.25, 0.3) is 0 Å². The zero-order valence-corrected chi connectivity index (χ0v) is 10.0. The van der Waals surface area contributed by atoms with Crippen LogP contribution < -0.4 is 0 Å². The van der Waals surface area contributed by atoms with Gasteiger partial charge in [0.05, 0.1) is 5.56 Å². The molecule has 0 heterocycles. The number of carbonyl (C=O) groups excluding carboxylic acids is 1. The number of hydrogen-bond donors (Lipinski definition) is 1. The van der Waals surface area contributed by atoms with Gasteiger partial charge in [0.1, 0.15) is 5.75 Å². The van der Waals surface area contributed by atoms with Crippen molar-refractivity contribution in [3.8, 4) is 5.75 Å². The van der Waals surface area contributed by atoms with Crippen LogP contribution in [0.1, 0.15) is 21.5 Å². The third-order valence-electron chi connectivity index (χ3n) is 2.50. The van der Waals surface area contributed by atoms with Crippen molar-refractivity contribution in [3.63, 3.8) is 0 Å². The second-order valence-corrected chi connectivity index (χ2v) is 4.29. The molecule has 0 aliphatic carbocycles. The van der Waals surface area contributed by atoms with Crippen LogP contribution in [0.25, 0.3) is 0 Å². The van der Waals surface area contributed by atoms with Crippen molar-refractivity contribution in [3.05, 3.63) is 64.2 Å². The molecule has 0 spiro atoms. The van der Waals surface area contributed by atoms with Crippen molar-refractivity contribution in [1.82, 2.24) is 0 Å². The predicted octanol–water partition coefficient (Wildman–Crippen LogP) is 3.59. The average molecular weight is 247 g/mol. The van der Waals surface area contributed by atoms with Crippen molar-refractivity contribution in [2.75, 3.05) is 0 Å². The SMILES string of the molecule is Cc1ccc(C(=O)c2ccc(Cl)cc2)c(O)c1. The molecular weight excluding hydrogens is 236 g/mol. The zero-order valence-electron chi connectivity index (χ0n) is 9.27. The summed E-state index contributed by atoms with van der Waals surface area (Å²) in [5, 5.41) is 10.3. The van der Waals surface area contributed by atoms with Gasteiger partial charge >= 0.3 is 0 Å². The molecule has 0 amide bonds. The molecule has 2 aromatic carbocycles. The monoisotopic (exact) mass is 246 g/mol. The molecule has 0 saturated carbocycles. The summed E-state index contributed by atoms with van der Waals surface area (Å²) in [6, 6.07) is 11.6. The van der Waals surface area contributed by atoms with E-state index in [1.807, 2.05) is 6.92 Å². The van der Waals surface area contributed by atoms with Gasteiger partial charge in [-0.05, 0) is 48.9 Å². The maximum atomic E-state index is 12.1. The molecule has 0 aliphatic rings. The average Bonchev–Trinajstić information content (AvgIpc) is 2.29. The Morgan fingerprint density at radius 2 is 1.76 bits per heavy atom. The molecule has 0 bridgehead atoms. The fourth-order valence-corrected chi connectivity index (χ4v) is 1.72. The summed E-state index contributed by atoms with van der Waals surface area (Å²) in [5.41, 5.74) is 1.72. The van der Waals surface area contributed by atoms with Gasteiger partial charge in [-0.15, -0.1) is 0 Å². The van der Waals surface area contributed by atoms with Gasteiger partial charge < -0.3 is 5.11 Å². The van der Waals surface area contributed by atoms with Gasteiger partial charge in [-0.2, -0.15) is 0 Å². The largest absolute Gasteiger partial charge is 0.507 e. The first-order chi connectivity index (χ1) is 8.08. The van der Waals surface area contributed by atoms with Crippen LogP contribution in [0, 0.1) is 6.92 Å². The van der Waals surface area contributed by atoms with Crippen LogP contribution >= 0.6 is 11.6 Å². The molecule has 0 unspecified atom stereocenters. The minimum atomic E-state index is -0.209. The highest BCUT2D eigenvalue weighted by Crippen LogP contribution is 2.22. The van der Waals surface area contributed by atoms with E-state index in [0.717, 1.165) is 5.56 Å². The highest BCUT2D eigenvalue weighted by atomic mass is 35.5. The van der Waals surface area contributed by atoms with Crippen LogP contribution in [0.4, 0.5) is 0 Å². The maximum absolute atomic E-state index is 12.1. The molecule has 3 heteroatoms. The van der Waals surface area contributed by atoms with Gasteiger partial charge in [-0.3, -0.25) is 4.79 Å². The van der Waals surface area contributed by atoms with E-state index in [0.29, 0.717) is 16.1 Å². The van der Waals surface area contributed by atoms with Gasteiger partial charge in [-0.25, -0.2) is 0 Å². The summed E-state index contributed by atoms with van der Waals surface area (Å²) in [4.78, 5) is 12.1. The Morgan fingerprint density at radius 3 is 2.35 bits per heavy atom. The lowest BCUT2D eigenvalue weighted by molar-refractivity contribution is 0.103. The molecule has 86 valence electrons. The Labute approximate surface area is 104 Å². The minimum absolute atomic E-state index is 0.00458. The molecule has 2 nitrogen and oxygen atoms in total. The van der Waals surface area contributed by atoms with Crippen molar-refractivity contribution in [2.24, 2.45) is 0 Å². The Balaban J connectivity index is 2.40. The standard InChI is InChI=1S/C14H11ClO2/c1-9-2-7-12(13(16)8-9)14(17)10-3-5-11(15)6-4-10/h2-8,16H,1H3. The summed E-state index contributed by atoms with van der Waals surface area (Å²) < 4.78 is 0. The number of aromatic hydroxyl groups is 1. The number of carbonyl (C=O) groups is 1. The molecule has 0 saturated heterocycles. The number of phenolic OH excluding ortho intramolecular Hbond substituents is 1. The van der Waals surface area contributed by atoms with E-state index in [1.54, 1.807) is 42.5 Å². The third kappa shape index (κ3) is 2.48. The van der Waals surface area contributed by atoms with Gasteiger partial charge in [0, 0.05) is 10.6 Å². The van der Waals surface area contributed by atoms with Gasteiger partial charge in [0.2, 0.25) is 0 Å². The predicted molar refractivity (Wildman–Crippen MR) is 67.7 cm³/mol. The number of rotatable bonds is 2. The second kappa shape index (κ2) is 4.60. The Morgan fingerprint density at radius 1 is 1.12 bits per heavy atom. The van der Waals surface area contributed by atoms with Crippen molar-refractivity contribution < 1.29 is 9.90 Å². The third-order valence-corrected chi connectivity index (χ3v) is 2.76. The lowest BCUT2D eigenvalue weighted by Crippen LogP contribution is -2.01. The van der Waals surface area contributed by atoms with E-state index in [1.165, 1.54) is 0 Å². The molecule has 0 aliphatic heterocycles. The normalized spacial score (nSPS) is 10.2. The Hall–Kier alpha value is -1.80. The van der Waals surface area contributed by atoms with E-state index < -0.39 is 0 Å². The summed E-state index contributed by atoms with van der Waals surface area (Å²) >= 11 is 5.75. The van der Waals surface area contributed by atoms with E-state index in [9.17, 15) is 9.90 Å². The molecule has 0 radical (unpaired) electrons. The molecule has 0 fully saturated rings. The van der Waals surface area contributed by atoms with Gasteiger partial charge in [0.15, 0.2) is 5.78 Å². The zero-order chi connectivity index (χ0) is 12.4. The fraction of sp³-hybridized carbons (Fsp3) is 0.0714. The minimum Gasteiger partial charge on any atom is -0.507 e. The van der Waals surface area contributed by atoms with Gasteiger partial charge in [-0.1, -0.05) is 17.7 Å². The number of halogens is 1. The van der Waals surface area contributed by atoms with Crippen LogP contribution in [0.2, 0.25) is 5.02 Å². The molecule has 2 rings (SSSR count). The lowest BCUT2D eigenvalue weighted by atomic mass is 10.0. The number of aryl methyl sites for hydroxylation is 1. The topological polar surface area (TPSA) is 37.3 Å². The number of phenols is 1. The second-order valence-electron chi connectivity index (χ2n) is 3.86. The first kappa shape index (κ1) is 11.7. The quantitative estimate of drug-likeness (QED) is 0.823. The highest BCUT2D eigenvalue weighted by Gasteiger charge is 2.13. The Kier molecular flexibility index (Phi) is 3.16. The van der Waals surface area contributed by atoms with E-state index in [2.05, 4.69) is 0 Å². The van der Waals surface area contributed by atoms with Crippen molar-refractivity contribution in [1.29, 1.82) is 0 Å². The highest BCUT2D eigenvalue weighted by molar-refractivity contribution is 6.30. The van der Waals surface area contributed by atoms with Crippen LogP contribution in [-0.2, 0) is 0 Å². The molecular formula is C14H11ClO2. The number of hydrogen-bond acceptors (Lipinski definition) is 2. The van der Waals surface area contributed by atoms with Crippen molar-refractivity contribution in [2.45, 2.75) is 6.92 Å². The lowest BCUT2D eigenvalue weighted by Gasteiger charge is -2.05. The van der Waals surface area contributed by atoms with E-state index in [4.69, 9.17) is 11.6 Å². The van der Waals surface area contributed by atoms with Crippen LogP contribution in [0.15, 0.2) is 42.5 Å². The molecule has 1 N–H and O–H groups in total. The summed E-state index contributed by atoms with van der Waals surface area (Å²) in [6.07, 6.45) is 0. The van der Waals surface area contributed by atoms with Crippen molar-refractivity contribution >= 4 is 17.4 Å². The number of benzene rings is 2.